The van der Waals surface area contributed by atoms with Crippen LogP contribution in [-0.2, 0) is 4.79 Å². The molecule has 3 aliphatic heterocycles. The Balaban J connectivity index is 1.30. The van der Waals surface area contributed by atoms with Crippen molar-refractivity contribution in [1.82, 2.24) is 14.8 Å². The van der Waals surface area contributed by atoms with Gasteiger partial charge >= 0.3 is 0 Å². The van der Waals surface area contributed by atoms with E-state index in [2.05, 4.69) is 37.5 Å². The van der Waals surface area contributed by atoms with E-state index in [0.717, 1.165) is 57.7 Å². The summed E-state index contributed by atoms with van der Waals surface area (Å²) in [5, 5.41) is 0. The quantitative estimate of drug-likeness (QED) is 0.812. The Hall–Kier alpha value is -1.27. The second kappa shape index (κ2) is 8.61. The number of pyridine rings is 1. The first-order chi connectivity index (χ1) is 12.8. The van der Waals surface area contributed by atoms with Crippen molar-refractivity contribution in [2.75, 3.05) is 55.7 Å². The maximum atomic E-state index is 13.1. The van der Waals surface area contributed by atoms with Crippen LogP contribution in [-0.4, -0.2) is 77.5 Å². The van der Waals surface area contributed by atoms with E-state index in [0.29, 0.717) is 11.9 Å². The standard InChI is InChI=1S/C20H30N4OS/c25-20(17-4-3-9-24(16-17)19-5-1-2-8-21-19)23-10-6-18(7-11-23)22-12-14-26-15-13-22/h1-2,5,8,17-18H,3-4,6-7,9-16H2/t17-/m1/s1. The summed E-state index contributed by atoms with van der Waals surface area (Å²) >= 11 is 2.07. The van der Waals surface area contributed by atoms with Crippen molar-refractivity contribution in [1.29, 1.82) is 0 Å². The van der Waals surface area contributed by atoms with Crippen molar-refractivity contribution in [3.8, 4) is 0 Å². The van der Waals surface area contributed by atoms with Gasteiger partial charge in [0.25, 0.3) is 0 Å². The Bertz CT molecular complexity index is 585. The molecule has 1 amide bonds. The van der Waals surface area contributed by atoms with Crippen LogP contribution in [0.4, 0.5) is 5.82 Å². The fourth-order valence-electron chi connectivity index (χ4n) is 4.58. The van der Waals surface area contributed by atoms with E-state index in [1.54, 1.807) is 0 Å². The summed E-state index contributed by atoms with van der Waals surface area (Å²) in [4.78, 5) is 24.6. The Morgan fingerprint density at radius 2 is 1.85 bits per heavy atom. The molecule has 26 heavy (non-hydrogen) atoms. The predicted molar refractivity (Wildman–Crippen MR) is 108 cm³/mol. The zero-order valence-corrected chi connectivity index (χ0v) is 16.4. The van der Waals surface area contributed by atoms with Gasteiger partial charge in [-0.3, -0.25) is 9.69 Å². The maximum absolute atomic E-state index is 13.1. The first kappa shape index (κ1) is 18.1. The number of hydrogen-bond acceptors (Lipinski definition) is 5. The number of nitrogens with zero attached hydrogens (tertiary/aromatic N) is 4. The minimum absolute atomic E-state index is 0.133. The third kappa shape index (κ3) is 4.17. The Morgan fingerprint density at radius 3 is 2.58 bits per heavy atom. The molecule has 6 heteroatoms. The second-order valence-electron chi connectivity index (χ2n) is 7.68. The number of likely N-dealkylation sites (tertiary alicyclic amines) is 1. The van der Waals surface area contributed by atoms with Crippen LogP contribution in [0, 0.1) is 5.92 Å². The molecular weight excluding hydrogens is 344 g/mol. The number of amides is 1. The van der Waals surface area contributed by atoms with Crippen LogP contribution in [0.15, 0.2) is 24.4 Å². The van der Waals surface area contributed by atoms with Crippen molar-refractivity contribution in [2.24, 2.45) is 5.92 Å². The van der Waals surface area contributed by atoms with Crippen LogP contribution in [0.3, 0.4) is 0 Å². The summed E-state index contributed by atoms with van der Waals surface area (Å²) < 4.78 is 0. The molecule has 0 unspecified atom stereocenters. The van der Waals surface area contributed by atoms with Gasteiger partial charge in [0, 0.05) is 63.0 Å². The van der Waals surface area contributed by atoms with Gasteiger partial charge in [0.1, 0.15) is 5.82 Å². The number of carbonyl (C=O) groups is 1. The van der Waals surface area contributed by atoms with Crippen LogP contribution in [0.2, 0.25) is 0 Å². The topological polar surface area (TPSA) is 39.7 Å². The van der Waals surface area contributed by atoms with Crippen molar-refractivity contribution in [3.63, 3.8) is 0 Å². The molecule has 3 aliphatic rings. The van der Waals surface area contributed by atoms with Crippen LogP contribution in [0.1, 0.15) is 25.7 Å². The molecule has 3 saturated heterocycles. The Labute approximate surface area is 161 Å². The summed E-state index contributed by atoms with van der Waals surface area (Å²) in [6, 6.07) is 6.71. The van der Waals surface area contributed by atoms with Crippen LogP contribution in [0.25, 0.3) is 0 Å². The highest BCUT2D eigenvalue weighted by molar-refractivity contribution is 7.99. The number of aromatic nitrogens is 1. The largest absolute Gasteiger partial charge is 0.356 e. The molecule has 0 bridgehead atoms. The fourth-order valence-corrected chi connectivity index (χ4v) is 5.51. The molecule has 4 heterocycles. The van der Waals surface area contributed by atoms with E-state index >= 15 is 0 Å². The van der Waals surface area contributed by atoms with E-state index in [1.165, 1.54) is 24.6 Å². The summed E-state index contributed by atoms with van der Waals surface area (Å²) in [6.45, 7) is 6.16. The van der Waals surface area contributed by atoms with E-state index in [1.807, 2.05) is 18.3 Å². The number of thioether (sulfide) groups is 1. The molecule has 1 atom stereocenters. The summed E-state index contributed by atoms with van der Waals surface area (Å²) in [5.74, 6) is 4.05. The first-order valence-electron chi connectivity index (χ1n) is 10.1. The highest BCUT2D eigenvalue weighted by Crippen LogP contribution is 2.26. The van der Waals surface area contributed by atoms with Crippen molar-refractivity contribution in [3.05, 3.63) is 24.4 Å². The molecule has 0 aromatic carbocycles. The van der Waals surface area contributed by atoms with Crippen molar-refractivity contribution >= 4 is 23.5 Å². The van der Waals surface area contributed by atoms with Gasteiger partial charge in [-0.05, 0) is 37.8 Å². The van der Waals surface area contributed by atoms with Gasteiger partial charge < -0.3 is 9.80 Å². The average Bonchev–Trinajstić information content (AvgIpc) is 2.75. The third-order valence-corrected chi connectivity index (χ3v) is 7.02. The van der Waals surface area contributed by atoms with Gasteiger partial charge in [-0.15, -0.1) is 0 Å². The molecule has 0 aliphatic carbocycles. The molecule has 0 spiro atoms. The molecule has 3 fully saturated rings. The van der Waals surface area contributed by atoms with Gasteiger partial charge in [0.15, 0.2) is 0 Å². The van der Waals surface area contributed by atoms with Gasteiger partial charge in [-0.25, -0.2) is 4.98 Å². The molecule has 1 aromatic heterocycles. The summed E-state index contributed by atoms with van der Waals surface area (Å²) in [7, 11) is 0. The maximum Gasteiger partial charge on any atom is 0.227 e. The number of hydrogen-bond donors (Lipinski definition) is 0. The Morgan fingerprint density at radius 1 is 1.04 bits per heavy atom. The van der Waals surface area contributed by atoms with Crippen LogP contribution < -0.4 is 4.90 Å². The lowest BCUT2D eigenvalue weighted by atomic mass is 9.94. The average molecular weight is 375 g/mol. The van der Waals surface area contributed by atoms with Crippen molar-refractivity contribution in [2.45, 2.75) is 31.7 Å². The second-order valence-corrected chi connectivity index (χ2v) is 8.90. The van der Waals surface area contributed by atoms with E-state index in [9.17, 15) is 4.79 Å². The van der Waals surface area contributed by atoms with Gasteiger partial charge in [-0.2, -0.15) is 11.8 Å². The normalized spacial score (nSPS) is 26.1. The number of piperidine rings is 2. The molecule has 1 aromatic rings. The highest BCUT2D eigenvalue weighted by Gasteiger charge is 2.33. The lowest BCUT2D eigenvalue weighted by Gasteiger charge is -2.42. The van der Waals surface area contributed by atoms with Gasteiger partial charge in [0.05, 0.1) is 5.92 Å². The van der Waals surface area contributed by atoms with Crippen molar-refractivity contribution < 1.29 is 4.79 Å². The molecule has 142 valence electrons. The zero-order chi connectivity index (χ0) is 17.8. The third-order valence-electron chi connectivity index (χ3n) is 6.08. The summed E-state index contributed by atoms with van der Waals surface area (Å²) in [5.41, 5.74) is 0. The molecule has 4 rings (SSSR count). The van der Waals surface area contributed by atoms with Gasteiger partial charge in [0.2, 0.25) is 5.91 Å². The first-order valence-corrected chi connectivity index (χ1v) is 11.2. The summed E-state index contributed by atoms with van der Waals surface area (Å²) in [6.07, 6.45) is 6.23. The molecule has 5 nitrogen and oxygen atoms in total. The van der Waals surface area contributed by atoms with E-state index in [-0.39, 0.29) is 5.92 Å². The lowest BCUT2D eigenvalue weighted by molar-refractivity contribution is -0.137. The molecule has 0 radical (unpaired) electrons. The minimum Gasteiger partial charge on any atom is -0.356 e. The predicted octanol–water partition coefficient (Wildman–Crippen LogP) is 2.34. The number of rotatable bonds is 3. The Kier molecular flexibility index (Phi) is 6.00. The monoisotopic (exact) mass is 374 g/mol. The van der Waals surface area contributed by atoms with Gasteiger partial charge in [-0.1, -0.05) is 6.07 Å². The zero-order valence-electron chi connectivity index (χ0n) is 15.6. The molecular formula is C20H30N4OS. The molecule has 0 saturated carbocycles. The van der Waals surface area contributed by atoms with Crippen LogP contribution in [0.5, 0.6) is 0 Å². The van der Waals surface area contributed by atoms with Crippen LogP contribution >= 0.6 is 11.8 Å². The molecule has 0 N–H and O–H groups in total. The number of anilines is 1. The number of carbonyl (C=O) groups excluding carboxylic acids is 1. The highest BCUT2D eigenvalue weighted by atomic mass is 32.2. The minimum atomic E-state index is 0.133. The fraction of sp³-hybridized carbons (Fsp3) is 0.700. The smallest absolute Gasteiger partial charge is 0.227 e. The van der Waals surface area contributed by atoms with E-state index in [4.69, 9.17) is 0 Å². The lowest BCUT2D eigenvalue weighted by Crippen LogP contribution is -2.51. The SMILES string of the molecule is O=C([C@@H]1CCCN(c2ccccn2)C1)N1CCC(N2CCSCC2)CC1. The van der Waals surface area contributed by atoms with E-state index < -0.39 is 0 Å².